The first-order valence-electron chi connectivity index (χ1n) is 8.63. The fraction of sp³-hybridized carbons (Fsp3) is 0.150. The fourth-order valence-electron chi connectivity index (χ4n) is 2.66. The average Bonchev–Trinajstić information content (AvgIpc) is 3.14. The van der Waals surface area contributed by atoms with Crippen molar-refractivity contribution < 1.29 is 14.4 Å². The lowest BCUT2D eigenvalue weighted by Crippen LogP contribution is -2.41. The molecule has 27 heavy (non-hydrogen) atoms. The van der Waals surface area contributed by atoms with Gasteiger partial charge in [-0.25, -0.2) is 0 Å². The molecular formula is C20H20N4O3. The number of benzene rings is 2. The number of nitrogens with one attached hydrogen (secondary N) is 4. The minimum atomic E-state index is -0.391. The monoisotopic (exact) mass is 364 g/mol. The summed E-state index contributed by atoms with van der Waals surface area (Å²) in [6.07, 6.45) is 2.25. The van der Waals surface area contributed by atoms with E-state index in [0.29, 0.717) is 24.1 Å². The zero-order valence-corrected chi connectivity index (χ0v) is 14.6. The van der Waals surface area contributed by atoms with E-state index < -0.39 is 5.91 Å². The molecule has 0 fully saturated rings. The van der Waals surface area contributed by atoms with Crippen molar-refractivity contribution in [2.45, 2.75) is 12.8 Å². The second-order valence-corrected chi connectivity index (χ2v) is 5.98. The molecule has 0 saturated heterocycles. The van der Waals surface area contributed by atoms with Crippen LogP contribution in [0.15, 0.2) is 60.8 Å². The third-order valence-corrected chi connectivity index (χ3v) is 4.05. The maximum atomic E-state index is 12.2. The molecule has 2 aromatic carbocycles. The van der Waals surface area contributed by atoms with Gasteiger partial charge in [0.2, 0.25) is 5.91 Å². The first kappa shape index (κ1) is 18.2. The van der Waals surface area contributed by atoms with Crippen molar-refractivity contribution in [2.75, 3.05) is 6.54 Å². The molecule has 3 amide bonds. The number of amides is 3. The smallest absolute Gasteiger partial charge is 0.271 e. The lowest BCUT2D eigenvalue weighted by atomic mass is 10.2. The predicted molar refractivity (Wildman–Crippen MR) is 102 cm³/mol. The van der Waals surface area contributed by atoms with Gasteiger partial charge in [-0.05, 0) is 24.6 Å². The van der Waals surface area contributed by atoms with Crippen LogP contribution in [0.1, 0.15) is 33.6 Å². The molecule has 0 aliphatic heterocycles. The molecule has 0 spiro atoms. The van der Waals surface area contributed by atoms with Gasteiger partial charge in [0.05, 0.1) is 5.56 Å². The molecule has 1 heterocycles. The summed E-state index contributed by atoms with van der Waals surface area (Å²) in [5, 5.41) is 3.54. The summed E-state index contributed by atoms with van der Waals surface area (Å²) in [4.78, 5) is 38.9. The molecule has 0 aliphatic carbocycles. The highest BCUT2D eigenvalue weighted by atomic mass is 16.2. The summed E-state index contributed by atoms with van der Waals surface area (Å²) in [6, 6.07) is 16.3. The van der Waals surface area contributed by atoms with Gasteiger partial charge in [0.25, 0.3) is 11.8 Å². The number of H-pyrrole nitrogens is 1. The Bertz CT molecular complexity index is 950. The molecule has 0 aliphatic rings. The van der Waals surface area contributed by atoms with Crippen LogP contribution in [-0.4, -0.2) is 29.3 Å². The van der Waals surface area contributed by atoms with Gasteiger partial charge in [0.1, 0.15) is 0 Å². The van der Waals surface area contributed by atoms with E-state index in [9.17, 15) is 14.4 Å². The Kier molecular flexibility index (Phi) is 5.84. The predicted octanol–water partition coefficient (Wildman–Crippen LogP) is 2.14. The highest BCUT2D eigenvalue weighted by Crippen LogP contribution is 2.17. The van der Waals surface area contributed by atoms with Crippen LogP contribution in [0.4, 0.5) is 0 Å². The molecule has 3 rings (SSSR count). The molecule has 0 radical (unpaired) electrons. The van der Waals surface area contributed by atoms with E-state index in [4.69, 9.17) is 0 Å². The molecule has 0 atom stereocenters. The fourth-order valence-corrected chi connectivity index (χ4v) is 2.66. The maximum absolute atomic E-state index is 12.2. The van der Waals surface area contributed by atoms with E-state index in [2.05, 4.69) is 21.2 Å². The molecule has 138 valence electrons. The van der Waals surface area contributed by atoms with Gasteiger partial charge >= 0.3 is 0 Å². The number of rotatable bonds is 6. The minimum absolute atomic E-state index is 0.177. The topological polar surface area (TPSA) is 103 Å². The lowest BCUT2D eigenvalue weighted by Gasteiger charge is -2.08. The molecule has 3 aromatic rings. The summed E-state index contributed by atoms with van der Waals surface area (Å²) in [5.74, 6) is -0.890. The molecule has 0 saturated carbocycles. The Hall–Kier alpha value is -3.61. The van der Waals surface area contributed by atoms with Crippen molar-refractivity contribution >= 4 is 28.6 Å². The van der Waals surface area contributed by atoms with Crippen LogP contribution in [0.3, 0.4) is 0 Å². The SMILES string of the molecule is O=C(CCCNC(=O)c1ccccc1)NNC(=O)c1c[nH]c2ccccc12. The Labute approximate surface area is 156 Å². The van der Waals surface area contributed by atoms with Crippen LogP contribution in [-0.2, 0) is 4.79 Å². The second-order valence-electron chi connectivity index (χ2n) is 5.98. The lowest BCUT2D eigenvalue weighted by molar-refractivity contribution is -0.121. The Balaban J connectivity index is 1.38. The number of hydrazine groups is 1. The third-order valence-electron chi connectivity index (χ3n) is 4.05. The standard InChI is InChI=1S/C20H20N4O3/c25-18(11-6-12-21-19(26)14-7-2-1-3-8-14)23-24-20(27)16-13-22-17-10-5-4-9-15(16)17/h1-5,7-10,13,22H,6,11-12H2,(H,21,26)(H,23,25)(H,24,27). The number of aromatic nitrogens is 1. The summed E-state index contributed by atoms with van der Waals surface area (Å²) in [5.41, 5.74) is 6.68. The second kappa shape index (κ2) is 8.66. The summed E-state index contributed by atoms with van der Waals surface area (Å²) >= 11 is 0. The van der Waals surface area contributed by atoms with E-state index in [1.165, 1.54) is 0 Å². The van der Waals surface area contributed by atoms with Crippen LogP contribution in [0.25, 0.3) is 10.9 Å². The van der Waals surface area contributed by atoms with Gasteiger partial charge < -0.3 is 10.3 Å². The number of carbonyl (C=O) groups excluding carboxylic acids is 3. The third kappa shape index (κ3) is 4.72. The maximum Gasteiger partial charge on any atom is 0.271 e. The largest absolute Gasteiger partial charge is 0.360 e. The molecule has 7 heteroatoms. The van der Waals surface area contributed by atoms with Gasteiger partial charge in [0.15, 0.2) is 0 Å². The Morgan fingerprint density at radius 3 is 2.41 bits per heavy atom. The Morgan fingerprint density at radius 2 is 1.59 bits per heavy atom. The van der Waals surface area contributed by atoms with Crippen LogP contribution < -0.4 is 16.2 Å². The summed E-state index contributed by atoms with van der Waals surface area (Å²) < 4.78 is 0. The van der Waals surface area contributed by atoms with Crippen molar-refractivity contribution in [3.8, 4) is 0 Å². The van der Waals surface area contributed by atoms with Crippen LogP contribution >= 0.6 is 0 Å². The van der Waals surface area contributed by atoms with E-state index >= 15 is 0 Å². The van der Waals surface area contributed by atoms with E-state index in [1.54, 1.807) is 30.5 Å². The molecule has 1 aromatic heterocycles. The number of carbonyl (C=O) groups is 3. The minimum Gasteiger partial charge on any atom is -0.360 e. The van der Waals surface area contributed by atoms with Crippen LogP contribution in [0.5, 0.6) is 0 Å². The van der Waals surface area contributed by atoms with Gasteiger partial charge in [-0.1, -0.05) is 36.4 Å². The van der Waals surface area contributed by atoms with Gasteiger partial charge in [-0.3, -0.25) is 25.2 Å². The van der Waals surface area contributed by atoms with Crippen molar-refractivity contribution in [3.05, 3.63) is 71.9 Å². The summed E-state index contributed by atoms with van der Waals surface area (Å²) in [6.45, 7) is 0.373. The van der Waals surface area contributed by atoms with Crippen molar-refractivity contribution in [3.63, 3.8) is 0 Å². The number of fused-ring (bicyclic) bond motifs is 1. The molecule has 4 N–H and O–H groups in total. The van der Waals surface area contributed by atoms with Gasteiger partial charge in [-0.2, -0.15) is 0 Å². The van der Waals surface area contributed by atoms with Crippen LogP contribution in [0.2, 0.25) is 0 Å². The molecule has 7 nitrogen and oxygen atoms in total. The normalized spacial score (nSPS) is 10.4. The Morgan fingerprint density at radius 1 is 0.852 bits per heavy atom. The van der Waals surface area contributed by atoms with E-state index in [-0.39, 0.29) is 18.2 Å². The molecular weight excluding hydrogens is 344 g/mol. The van der Waals surface area contributed by atoms with Crippen molar-refractivity contribution in [1.29, 1.82) is 0 Å². The first-order valence-corrected chi connectivity index (χ1v) is 8.63. The summed E-state index contributed by atoms with van der Waals surface area (Å²) in [7, 11) is 0. The number of hydrogen-bond donors (Lipinski definition) is 4. The van der Waals surface area contributed by atoms with Gasteiger partial charge in [0, 0.05) is 35.6 Å². The number of para-hydroxylation sites is 1. The highest BCUT2D eigenvalue weighted by Gasteiger charge is 2.12. The van der Waals surface area contributed by atoms with Crippen molar-refractivity contribution in [2.24, 2.45) is 0 Å². The van der Waals surface area contributed by atoms with Gasteiger partial charge in [-0.15, -0.1) is 0 Å². The zero-order chi connectivity index (χ0) is 19.1. The average molecular weight is 364 g/mol. The zero-order valence-electron chi connectivity index (χ0n) is 14.6. The number of hydrogen-bond acceptors (Lipinski definition) is 3. The van der Waals surface area contributed by atoms with Crippen molar-refractivity contribution in [1.82, 2.24) is 21.2 Å². The molecule has 0 bridgehead atoms. The number of aromatic amines is 1. The first-order chi connectivity index (χ1) is 13.1. The highest BCUT2D eigenvalue weighted by molar-refractivity contribution is 6.07. The molecule has 0 unspecified atom stereocenters. The van der Waals surface area contributed by atoms with E-state index in [1.807, 2.05) is 30.3 Å². The quantitative estimate of drug-likeness (QED) is 0.398. The van der Waals surface area contributed by atoms with Crippen LogP contribution in [0, 0.1) is 0 Å². The van der Waals surface area contributed by atoms with E-state index in [0.717, 1.165) is 10.9 Å².